The van der Waals surface area contributed by atoms with Crippen LogP contribution in [0, 0.1) is 6.92 Å². The molecule has 4 rings (SSSR count). The monoisotopic (exact) mass is 511 g/mol. The van der Waals surface area contributed by atoms with E-state index >= 15 is 0 Å². The van der Waals surface area contributed by atoms with Crippen LogP contribution in [0.25, 0.3) is 11.1 Å². The SMILES string of the molecule is Cc1nc(N)nc(N2CCOc3ccc(-c4cnc(N(C)C)c(NS(C)(=O)=O)c4)cc3C2)c1C(C)C. The first-order valence-electron chi connectivity index (χ1n) is 11.7. The van der Waals surface area contributed by atoms with Gasteiger partial charge in [-0.15, -0.1) is 0 Å². The van der Waals surface area contributed by atoms with Crippen molar-refractivity contribution in [3.05, 3.63) is 47.3 Å². The molecule has 2 aromatic heterocycles. The highest BCUT2D eigenvalue weighted by molar-refractivity contribution is 7.92. The minimum absolute atomic E-state index is 0.234. The van der Waals surface area contributed by atoms with E-state index in [0.29, 0.717) is 31.2 Å². The molecule has 0 spiro atoms. The third-order valence-electron chi connectivity index (χ3n) is 5.97. The Labute approximate surface area is 212 Å². The highest BCUT2D eigenvalue weighted by Crippen LogP contribution is 2.35. The van der Waals surface area contributed by atoms with Crippen LogP contribution in [-0.2, 0) is 16.6 Å². The quantitative estimate of drug-likeness (QED) is 0.512. The summed E-state index contributed by atoms with van der Waals surface area (Å²) in [5.74, 6) is 2.65. The van der Waals surface area contributed by atoms with Crippen molar-refractivity contribution in [1.29, 1.82) is 0 Å². The number of benzene rings is 1. The molecule has 36 heavy (non-hydrogen) atoms. The van der Waals surface area contributed by atoms with Crippen molar-refractivity contribution in [3.63, 3.8) is 0 Å². The molecule has 11 heteroatoms. The lowest BCUT2D eigenvalue weighted by molar-refractivity contribution is 0.331. The average molecular weight is 512 g/mol. The van der Waals surface area contributed by atoms with Gasteiger partial charge in [-0.3, -0.25) is 4.72 Å². The molecule has 0 atom stereocenters. The number of nitrogens with one attached hydrogen (secondary N) is 1. The summed E-state index contributed by atoms with van der Waals surface area (Å²) < 4.78 is 32.5. The van der Waals surface area contributed by atoms with Gasteiger partial charge in [0, 0.05) is 49.2 Å². The van der Waals surface area contributed by atoms with Gasteiger partial charge < -0.3 is 20.3 Å². The Kier molecular flexibility index (Phi) is 6.94. The Bertz CT molecular complexity index is 1390. The summed E-state index contributed by atoms with van der Waals surface area (Å²) in [7, 11) is 0.159. The van der Waals surface area contributed by atoms with Crippen molar-refractivity contribution in [2.45, 2.75) is 33.2 Å². The molecule has 1 aliphatic rings. The summed E-state index contributed by atoms with van der Waals surface area (Å²) in [4.78, 5) is 17.4. The maximum atomic E-state index is 11.9. The minimum atomic E-state index is -3.47. The molecule has 3 N–H and O–H groups in total. The van der Waals surface area contributed by atoms with Crippen LogP contribution in [0.1, 0.15) is 36.6 Å². The zero-order chi connectivity index (χ0) is 26.2. The van der Waals surface area contributed by atoms with Crippen molar-refractivity contribution >= 4 is 33.3 Å². The Balaban J connectivity index is 1.74. The molecular formula is C25H33N7O3S. The smallest absolute Gasteiger partial charge is 0.229 e. The van der Waals surface area contributed by atoms with Gasteiger partial charge in [0.2, 0.25) is 16.0 Å². The second kappa shape index (κ2) is 9.81. The lowest BCUT2D eigenvalue weighted by atomic mass is 10.0. The summed E-state index contributed by atoms with van der Waals surface area (Å²) in [6.45, 7) is 7.95. The molecule has 0 saturated heterocycles. The van der Waals surface area contributed by atoms with Gasteiger partial charge in [0.1, 0.15) is 18.2 Å². The molecule has 3 aromatic rings. The summed E-state index contributed by atoms with van der Waals surface area (Å²) in [5.41, 5.74) is 11.1. The first kappa shape index (κ1) is 25.5. The lowest BCUT2D eigenvalue weighted by Gasteiger charge is -2.26. The molecule has 0 aliphatic carbocycles. The molecule has 192 valence electrons. The molecule has 0 radical (unpaired) electrons. The molecule has 1 aliphatic heterocycles. The predicted octanol–water partition coefficient (Wildman–Crippen LogP) is 3.39. The summed E-state index contributed by atoms with van der Waals surface area (Å²) in [6, 6.07) is 7.75. The molecule has 0 saturated carbocycles. The number of hydrogen-bond donors (Lipinski definition) is 2. The second-order valence-electron chi connectivity index (χ2n) is 9.52. The Morgan fingerprint density at radius 2 is 1.92 bits per heavy atom. The van der Waals surface area contributed by atoms with Crippen LogP contribution in [-0.4, -0.2) is 56.9 Å². The normalized spacial score (nSPS) is 13.7. The van der Waals surface area contributed by atoms with E-state index < -0.39 is 10.0 Å². The van der Waals surface area contributed by atoms with Gasteiger partial charge in [-0.1, -0.05) is 19.9 Å². The number of rotatable bonds is 6. The van der Waals surface area contributed by atoms with Gasteiger partial charge in [0.25, 0.3) is 0 Å². The van der Waals surface area contributed by atoms with E-state index in [1.54, 1.807) is 17.2 Å². The van der Waals surface area contributed by atoms with E-state index in [0.717, 1.165) is 45.8 Å². The van der Waals surface area contributed by atoms with Gasteiger partial charge in [-0.25, -0.2) is 18.4 Å². The van der Waals surface area contributed by atoms with Crippen LogP contribution in [0.2, 0.25) is 0 Å². The standard InChI is InChI=1S/C25H33N7O3S/c1-15(2)22-16(3)28-25(26)29-24(22)32-9-10-35-21-8-7-17(11-19(21)14-32)18-12-20(30-36(6,33)34)23(27-13-18)31(4)5/h7-8,11-13,15,30H,9-10,14H2,1-6H3,(H2,26,28,29). The largest absolute Gasteiger partial charge is 0.491 e. The minimum Gasteiger partial charge on any atom is -0.491 e. The maximum Gasteiger partial charge on any atom is 0.229 e. The molecule has 1 aromatic carbocycles. The number of pyridine rings is 1. The van der Waals surface area contributed by atoms with Crippen LogP contribution in [0.3, 0.4) is 0 Å². The van der Waals surface area contributed by atoms with Gasteiger partial charge in [-0.2, -0.15) is 4.98 Å². The van der Waals surface area contributed by atoms with Gasteiger partial charge >= 0.3 is 0 Å². The Morgan fingerprint density at radius 3 is 2.58 bits per heavy atom. The Morgan fingerprint density at radius 1 is 1.17 bits per heavy atom. The van der Waals surface area contributed by atoms with Crippen molar-refractivity contribution in [3.8, 4) is 16.9 Å². The number of aryl methyl sites for hydroxylation is 1. The number of sulfonamides is 1. The summed E-state index contributed by atoms with van der Waals surface area (Å²) in [6.07, 6.45) is 2.87. The topological polar surface area (TPSA) is 127 Å². The summed E-state index contributed by atoms with van der Waals surface area (Å²) in [5, 5.41) is 0. The number of aromatic nitrogens is 3. The molecule has 0 bridgehead atoms. The van der Waals surface area contributed by atoms with Crippen LogP contribution in [0.4, 0.5) is 23.3 Å². The van der Waals surface area contributed by atoms with E-state index in [2.05, 4.69) is 44.5 Å². The number of fused-ring (bicyclic) bond motifs is 1. The predicted molar refractivity (Wildman–Crippen MR) is 144 cm³/mol. The van der Waals surface area contributed by atoms with Crippen molar-refractivity contribution in [2.24, 2.45) is 0 Å². The van der Waals surface area contributed by atoms with E-state index in [9.17, 15) is 8.42 Å². The molecule has 0 fully saturated rings. The number of nitrogens with zero attached hydrogens (tertiary/aromatic N) is 5. The van der Waals surface area contributed by atoms with E-state index in [1.165, 1.54) is 0 Å². The van der Waals surface area contributed by atoms with Crippen LogP contribution in [0.5, 0.6) is 5.75 Å². The fraction of sp³-hybridized carbons (Fsp3) is 0.400. The third kappa shape index (κ3) is 5.46. The van der Waals surface area contributed by atoms with Crippen molar-refractivity contribution < 1.29 is 13.2 Å². The highest BCUT2D eigenvalue weighted by Gasteiger charge is 2.23. The summed E-state index contributed by atoms with van der Waals surface area (Å²) >= 11 is 0. The average Bonchev–Trinajstić information content (AvgIpc) is 2.98. The molecule has 0 amide bonds. The Hall–Kier alpha value is -3.60. The van der Waals surface area contributed by atoms with Gasteiger partial charge in [0.15, 0.2) is 5.82 Å². The molecular weight excluding hydrogens is 478 g/mol. The number of anilines is 4. The van der Waals surface area contributed by atoms with Crippen LogP contribution >= 0.6 is 0 Å². The third-order valence-corrected chi connectivity index (χ3v) is 6.56. The number of nitrogen functional groups attached to an aromatic ring is 1. The van der Waals surface area contributed by atoms with Gasteiger partial charge in [-0.05, 0) is 36.6 Å². The molecule has 0 unspecified atom stereocenters. The van der Waals surface area contributed by atoms with E-state index in [4.69, 9.17) is 10.5 Å². The van der Waals surface area contributed by atoms with Crippen molar-refractivity contribution in [2.75, 3.05) is 53.8 Å². The van der Waals surface area contributed by atoms with Crippen LogP contribution in [0.15, 0.2) is 30.5 Å². The molecule has 10 nitrogen and oxygen atoms in total. The number of ether oxygens (including phenoxy) is 1. The zero-order valence-electron chi connectivity index (χ0n) is 21.5. The number of hydrogen-bond acceptors (Lipinski definition) is 9. The fourth-order valence-electron chi connectivity index (χ4n) is 4.51. The first-order chi connectivity index (χ1) is 16.9. The van der Waals surface area contributed by atoms with Crippen LogP contribution < -0.4 is 25.0 Å². The van der Waals surface area contributed by atoms with Gasteiger partial charge in [0.05, 0.1) is 18.5 Å². The fourth-order valence-corrected chi connectivity index (χ4v) is 5.06. The van der Waals surface area contributed by atoms with Crippen molar-refractivity contribution in [1.82, 2.24) is 15.0 Å². The highest BCUT2D eigenvalue weighted by atomic mass is 32.2. The first-order valence-corrected chi connectivity index (χ1v) is 13.6. The number of nitrogens with two attached hydrogens (primary N) is 1. The second-order valence-corrected chi connectivity index (χ2v) is 11.3. The lowest BCUT2D eigenvalue weighted by Crippen LogP contribution is -2.28. The van der Waals surface area contributed by atoms with E-state index in [1.807, 2.05) is 33.2 Å². The maximum absolute atomic E-state index is 11.9. The molecule has 3 heterocycles. The zero-order valence-corrected chi connectivity index (χ0v) is 22.3. The van der Waals surface area contributed by atoms with E-state index in [-0.39, 0.29) is 11.9 Å².